The van der Waals surface area contributed by atoms with Crippen LogP contribution < -0.4 is 0 Å². The van der Waals surface area contributed by atoms with Gasteiger partial charge in [-0.3, -0.25) is 14.4 Å². The van der Waals surface area contributed by atoms with Crippen molar-refractivity contribution >= 4 is 17.9 Å². The number of hydrogen-bond acceptors (Lipinski definition) is 6. The fourth-order valence-electron chi connectivity index (χ4n) is 8.30. The lowest BCUT2D eigenvalue weighted by Gasteiger charge is -2.18. The number of hydrogen-bond donors (Lipinski definition) is 0. The molecule has 0 aromatic rings. The third-order valence-corrected chi connectivity index (χ3v) is 12.6. The predicted molar refractivity (Wildman–Crippen MR) is 279 cm³/mol. The summed E-state index contributed by atoms with van der Waals surface area (Å²) in [5.74, 6) is -0.879. The standard InChI is InChI=1S/C59H108O6/c1-4-7-10-13-16-19-22-24-26-28-30-32-33-35-37-40-43-46-49-52-58(61)64-55-56(54-63-57(60)51-48-45-42-39-21-18-15-12-9-6-3)65-59(62)53-50-47-44-41-38-36-34-31-29-27-25-23-20-17-14-11-8-5-2/h12,15,20,23,27,29,56H,4-11,13-14,16-19,21-22,24-26,28,30-55H2,1-3H3/b15-12-,23-20-,29-27-. The van der Waals surface area contributed by atoms with Gasteiger partial charge in [0, 0.05) is 19.3 Å². The zero-order chi connectivity index (χ0) is 47.2. The molecule has 0 aromatic heterocycles. The predicted octanol–water partition coefficient (Wildman–Crippen LogP) is 18.9. The van der Waals surface area contributed by atoms with Crippen LogP contribution in [0.2, 0.25) is 0 Å². The van der Waals surface area contributed by atoms with E-state index in [-0.39, 0.29) is 31.1 Å². The monoisotopic (exact) mass is 913 g/mol. The molecule has 0 radical (unpaired) electrons. The third kappa shape index (κ3) is 52.5. The molecule has 0 bridgehead atoms. The first kappa shape index (κ1) is 62.6. The summed E-state index contributed by atoms with van der Waals surface area (Å²) in [7, 11) is 0. The van der Waals surface area contributed by atoms with Gasteiger partial charge in [0.15, 0.2) is 6.10 Å². The highest BCUT2D eigenvalue weighted by Crippen LogP contribution is 2.16. The van der Waals surface area contributed by atoms with E-state index in [1.165, 1.54) is 180 Å². The van der Waals surface area contributed by atoms with Gasteiger partial charge in [0.25, 0.3) is 0 Å². The van der Waals surface area contributed by atoms with Crippen molar-refractivity contribution in [3.05, 3.63) is 36.5 Å². The van der Waals surface area contributed by atoms with Gasteiger partial charge < -0.3 is 14.2 Å². The van der Waals surface area contributed by atoms with Crippen molar-refractivity contribution in [2.45, 2.75) is 309 Å². The molecular weight excluding hydrogens is 805 g/mol. The minimum absolute atomic E-state index is 0.0747. The Balaban J connectivity index is 4.28. The van der Waals surface area contributed by atoms with Crippen LogP contribution in [0.15, 0.2) is 36.5 Å². The molecule has 0 saturated carbocycles. The molecule has 0 aliphatic heterocycles. The molecule has 0 N–H and O–H groups in total. The minimum Gasteiger partial charge on any atom is -0.462 e. The third-order valence-electron chi connectivity index (χ3n) is 12.6. The summed E-state index contributed by atoms with van der Waals surface area (Å²) in [4.78, 5) is 38.0. The summed E-state index contributed by atoms with van der Waals surface area (Å²) in [5.41, 5.74) is 0. The number of carbonyl (C=O) groups excluding carboxylic acids is 3. The zero-order valence-electron chi connectivity index (χ0n) is 43.5. The van der Waals surface area contributed by atoms with Crippen LogP contribution in [0.4, 0.5) is 0 Å². The van der Waals surface area contributed by atoms with Crippen LogP contribution in [0.1, 0.15) is 303 Å². The summed E-state index contributed by atoms with van der Waals surface area (Å²) in [6.07, 6.45) is 64.3. The fraction of sp³-hybridized carbons (Fsp3) is 0.847. The highest BCUT2D eigenvalue weighted by molar-refractivity contribution is 5.71. The van der Waals surface area contributed by atoms with Crippen LogP contribution in [-0.2, 0) is 28.6 Å². The largest absolute Gasteiger partial charge is 0.462 e. The van der Waals surface area contributed by atoms with Gasteiger partial charge in [-0.1, -0.05) is 250 Å². The Morgan fingerprint density at radius 1 is 0.308 bits per heavy atom. The molecule has 1 atom stereocenters. The van der Waals surface area contributed by atoms with E-state index >= 15 is 0 Å². The molecule has 0 saturated heterocycles. The Hall–Kier alpha value is -2.37. The van der Waals surface area contributed by atoms with Gasteiger partial charge in [0.05, 0.1) is 0 Å². The number of carbonyl (C=O) groups is 3. The van der Waals surface area contributed by atoms with Crippen molar-refractivity contribution in [1.82, 2.24) is 0 Å². The molecule has 0 amide bonds. The van der Waals surface area contributed by atoms with Crippen LogP contribution in [0.5, 0.6) is 0 Å². The SMILES string of the molecule is CCC/C=C\CCCCCCCC(=O)OCC(COC(=O)CCCCCCCCCCCCCCCCCCCCC)OC(=O)CCCCCCCCC/C=C\C/C=C\CCCCCC. The molecule has 6 heteroatoms. The molecule has 0 aromatic carbocycles. The summed E-state index contributed by atoms with van der Waals surface area (Å²) in [5, 5.41) is 0. The van der Waals surface area contributed by atoms with Gasteiger partial charge >= 0.3 is 17.9 Å². The minimum atomic E-state index is -0.776. The molecule has 380 valence electrons. The first-order valence-electron chi connectivity index (χ1n) is 28.5. The molecular formula is C59H108O6. The van der Waals surface area contributed by atoms with E-state index < -0.39 is 6.10 Å². The molecule has 65 heavy (non-hydrogen) atoms. The second-order valence-corrected chi connectivity index (χ2v) is 19.2. The maximum absolute atomic E-state index is 12.8. The molecule has 0 aliphatic carbocycles. The van der Waals surface area contributed by atoms with E-state index in [4.69, 9.17) is 14.2 Å². The first-order valence-corrected chi connectivity index (χ1v) is 28.5. The van der Waals surface area contributed by atoms with Crippen molar-refractivity contribution in [1.29, 1.82) is 0 Å². The van der Waals surface area contributed by atoms with Gasteiger partial charge in [0.1, 0.15) is 13.2 Å². The van der Waals surface area contributed by atoms with Crippen LogP contribution in [-0.4, -0.2) is 37.2 Å². The second-order valence-electron chi connectivity index (χ2n) is 19.2. The lowest BCUT2D eigenvalue weighted by Crippen LogP contribution is -2.30. The number of allylic oxidation sites excluding steroid dienone is 6. The number of unbranched alkanes of at least 4 members (excludes halogenated alkanes) is 35. The van der Waals surface area contributed by atoms with Crippen molar-refractivity contribution < 1.29 is 28.6 Å². The lowest BCUT2D eigenvalue weighted by molar-refractivity contribution is -0.167. The van der Waals surface area contributed by atoms with Crippen molar-refractivity contribution in [3.8, 4) is 0 Å². The molecule has 6 nitrogen and oxygen atoms in total. The summed E-state index contributed by atoms with van der Waals surface area (Å²) < 4.78 is 16.8. The Morgan fingerprint density at radius 2 is 0.585 bits per heavy atom. The summed E-state index contributed by atoms with van der Waals surface area (Å²) in [6.45, 7) is 6.59. The lowest BCUT2D eigenvalue weighted by atomic mass is 10.0. The van der Waals surface area contributed by atoms with Gasteiger partial charge in [0.2, 0.25) is 0 Å². The van der Waals surface area contributed by atoms with Gasteiger partial charge in [-0.05, 0) is 70.6 Å². The van der Waals surface area contributed by atoms with E-state index in [2.05, 4.69) is 57.2 Å². The highest BCUT2D eigenvalue weighted by atomic mass is 16.6. The van der Waals surface area contributed by atoms with Crippen LogP contribution in [0, 0.1) is 0 Å². The van der Waals surface area contributed by atoms with Crippen molar-refractivity contribution in [3.63, 3.8) is 0 Å². The van der Waals surface area contributed by atoms with Crippen molar-refractivity contribution in [2.24, 2.45) is 0 Å². The van der Waals surface area contributed by atoms with Crippen LogP contribution in [0.3, 0.4) is 0 Å². The highest BCUT2D eigenvalue weighted by Gasteiger charge is 2.19. The Morgan fingerprint density at radius 3 is 0.938 bits per heavy atom. The van der Waals surface area contributed by atoms with E-state index in [0.29, 0.717) is 19.3 Å². The van der Waals surface area contributed by atoms with E-state index in [0.717, 1.165) is 83.5 Å². The van der Waals surface area contributed by atoms with Gasteiger partial charge in [-0.15, -0.1) is 0 Å². The normalized spacial score (nSPS) is 12.2. The van der Waals surface area contributed by atoms with Gasteiger partial charge in [-0.2, -0.15) is 0 Å². The molecule has 0 rings (SSSR count). The van der Waals surface area contributed by atoms with Crippen LogP contribution >= 0.6 is 0 Å². The fourth-order valence-corrected chi connectivity index (χ4v) is 8.30. The molecule has 0 fully saturated rings. The smallest absolute Gasteiger partial charge is 0.306 e. The average molecular weight is 914 g/mol. The Labute approximate surface area is 404 Å². The maximum Gasteiger partial charge on any atom is 0.306 e. The van der Waals surface area contributed by atoms with Gasteiger partial charge in [-0.25, -0.2) is 0 Å². The number of ether oxygens (including phenoxy) is 3. The van der Waals surface area contributed by atoms with Crippen molar-refractivity contribution in [2.75, 3.05) is 13.2 Å². The van der Waals surface area contributed by atoms with E-state index in [9.17, 15) is 14.4 Å². The second kappa shape index (κ2) is 54.2. The Kier molecular flexibility index (Phi) is 52.3. The van der Waals surface area contributed by atoms with Crippen LogP contribution in [0.25, 0.3) is 0 Å². The quantitative estimate of drug-likeness (QED) is 0.0262. The zero-order valence-corrected chi connectivity index (χ0v) is 43.5. The number of esters is 3. The molecule has 1 unspecified atom stereocenters. The number of rotatable bonds is 52. The van der Waals surface area contributed by atoms with E-state index in [1.807, 2.05) is 0 Å². The molecule has 0 spiro atoms. The Bertz CT molecular complexity index is 1090. The summed E-state index contributed by atoms with van der Waals surface area (Å²) >= 11 is 0. The molecule has 0 heterocycles. The average Bonchev–Trinajstić information content (AvgIpc) is 3.30. The summed E-state index contributed by atoms with van der Waals surface area (Å²) in [6, 6.07) is 0. The topological polar surface area (TPSA) is 78.9 Å². The first-order chi connectivity index (χ1) is 32.0. The molecule has 0 aliphatic rings. The van der Waals surface area contributed by atoms with E-state index in [1.54, 1.807) is 0 Å². The maximum atomic E-state index is 12.8.